The summed E-state index contributed by atoms with van der Waals surface area (Å²) in [6, 6.07) is 0. The molecule has 1 aliphatic rings. The molecular formula is C22H46NO+. The Morgan fingerprint density at radius 3 is 1.50 bits per heavy atom. The topological polar surface area (TPSA) is 12.5 Å². The first-order valence-electron chi connectivity index (χ1n) is 11.1. The van der Waals surface area contributed by atoms with Gasteiger partial charge in [-0.3, -0.25) is 0 Å². The molecule has 0 bridgehead atoms. The van der Waals surface area contributed by atoms with Crippen LogP contribution in [0.15, 0.2) is 0 Å². The highest BCUT2D eigenvalue weighted by Crippen LogP contribution is 2.17. The van der Waals surface area contributed by atoms with Gasteiger partial charge in [0.2, 0.25) is 0 Å². The second kappa shape index (κ2) is 14.1. The Hall–Kier alpha value is -0.0800. The van der Waals surface area contributed by atoms with E-state index in [9.17, 15) is 0 Å². The molecule has 24 heavy (non-hydrogen) atoms. The largest absolute Gasteiger partial charge is 0.373 e. The maximum Gasteiger partial charge on any atom is 0.0863 e. The van der Waals surface area contributed by atoms with E-state index in [1.807, 2.05) is 0 Å². The Balaban J connectivity index is 1.74. The molecule has 0 aromatic carbocycles. The number of unbranched alkanes of at least 4 members (excludes halogenated alkanes) is 13. The maximum absolute atomic E-state index is 5.32. The van der Waals surface area contributed by atoms with Gasteiger partial charge in [0.15, 0.2) is 0 Å². The van der Waals surface area contributed by atoms with Crippen molar-refractivity contribution in [3.05, 3.63) is 0 Å². The molecule has 2 nitrogen and oxygen atoms in total. The van der Waals surface area contributed by atoms with Gasteiger partial charge in [0.1, 0.15) is 0 Å². The Bertz CT molecular complexity index is 273. The van der Waals surface area contributed by atoms with Crippen molar-refractivity contribution < 1.29 is 9.22 Å². The van der Waals surface area contributed by atoms with Crippen LogP contribution in [0.1, 0.15) is 103 Å². The summed E-state index contributed by atoms with van der Waals surface area (Å²) >= 11 is 0. The van der Waals surface area contributed by atoms with Crippen LogP contribution in [-0.4, -0.2) is 44.4 Å². The Morgan fingerprint density at radius 2 is 1.08 bits per heavy atom. The number of ether oxygens (including phenoxy) is 1. The van der Waals surface area contributed by atoms with Crippen molar-refractivity contribution in [2.45, 2.75) is 109 Å². The van der Waals surface area contributed by atoms with Crippen LogP contribution in [0.25, 0.3) is 0 Å². The Labute approximate surface area is 152 Å². The third kappa shape index (κ3) is 14.3. The van der Waals surface area contributed by atoms with Crippen LogP contribution in [-0.2, 0) is 4.74 Å². The van der Waals surface area contributed by atoms with Gasteiger partial charge in [0, 0.05) is 6.42 Å². The third-order valence-electron chi connectivity index (χ3n) is 5.58. The molecule has 1 rings (SSSR count). The van der Waals surface area contributed by atoms with Gasteiger partial charge in [-0.1, -0.05) is 84.0 Å². The van der Waals surface area contributed by atoms with Crippen LogP contribution in [0.2, 0.25) is 0 Å². The summed E-state index contributed by atoms with van der Waals surface area (Å²) in [4.78, 5) is 0. The Kier molecular flexibility index (Phi) is 12.9. The van der Waals surface area contributed by atoms with E-state index >= 15 is 0 Å². The fraction of sp³-hybridized carbons (Fsp3) is 1.00. The summed E-state index contributed by atoms with van der Waals surface area (Å²) < 4.78 is 6.50. The minimum Gasteiger partial charge on any atom is -0.373 e. The lowest BCUT2D eigenvalue weighted by Crippen LogP contribution is -2.41. The van der Waals surface area contributed by atoms with E-state index in [0.29, 0.717) is 6.10 Å². The predicted octanol–water partition coefficient (Wildman–Crippen LogP) is 6.33. The first kappa shape index (κ1) is 22.0. The molecule has 0 spiro atoms. The molecule has 0 aliphatic carbocycles. The van der Waals surface area contributed by atoms with Crippen LogP contribution in [0.5, 0.6) is 0 Å². The number of hydrogen-bond donors (Lipinski definition) is 0. The van der Waals surface area contributed by atoms with Crippen molar-refractivity contribution in [3.8, 4) is 0 Å². The molecule has 2 heteroatoms. The summed E-state index contributed by atoms with van der Waals surface area (Å²) in [7, 11) is 4.76. The molecule has 1 fully saturated rings. The van der Waals surface area contributed by atoms with Gasteiger partial charge in [-0.2, -0.15) is 0 Å². The van der Waals surface area contributed by atoms with Crippen molar-refractivity contribution in [2.75, 3.05) is 33.8 Å². The first-order valence-corrected chi connectivity index (χ1v) is 11.1. The predicted molar refractivity (Wildman–Crippen MR) is 107 cm³/mol. The van der Waals surface area contributed by atoms with Crippen LogP contribution < -0.4 is 0 Å². The van der Waals surface area contributed by atoms with Gasteiger partial charge in [0.05, 0.1) is 39.9 Å². The quantitative estimate of drug-likeness (QED) is 0.161. The zero-order valence-electron chi connectivity index (χ0n) is 17.2. The lowest BCUT2D eigenvalue weighted by atomic mass is 10.0. The maximum atomic E-state index is 5.32. The number of nitrogens with zero attached hydrogens (tertiary/aromatic N) is 1. The highest BCUT2D eigenvalue weighted by molar-refractivity contribution is 4.67. The van der Waals surface area contributed by atoms with E-state index < -0.39 is 0 Å². The molecular weight excluding hydrogens is 294 g/mol. The van der Waals surface area contributed by atoms with E-state index in [1.54, 1.807) is 0 Å². The third-order valence-corrected chi connectivity index (χ3v) is 5.58. The van der Waals surface area contributed by atoms with Crippen molar-refractivity contribution in [1.82, 2.24) is 0 Å². The molecule has 0 saturated carbocycles. The number of rotatable bonds is 18. The molecule has 0 amide bonds. The van der Waals surface area contributed by atoms with Crippen molar-refractivity contribution in [1.29, 1.82) is 0 Å². The SMILES string of the molecule is CCCCCCCCCCCCCCCC[N+](C)(C)CCC1CO1. The summed E-state index contributed by atoms with van der Waals surface area (Å²) in [5.74, 6) is 0. The highest BCUT2D eigenvalue weighted by Gasteiger charge is 2.26. The number of hydrogen-bond acceptors (Lipinski definition) is 1. The number of quaternary nitrogens is 1. The fourth-order valence-electron chi connectivity index (χ4n) is 3.57. The van der Waals surface area contributed by atoms with Crippen molar-refractivity contribution in [3.63, 3.8) is 0 Å². The average molecular weight is 341 g/mol. The standard InChI is InChI=1S/C22H46NO/c1-4-5-6-7-8-9-10-11-12-13-14-15-16-17-19-23(2,3)20-18-22-21-24-22/h22H,4-21H2,1-3H3/q+1. The monoisotopic (exact) mass is 340 g/mol. The van der Waals surface area contributed by atoms with Crippen LogP contribution in [0, 0.1) is 0 Å². The molecule has 1 unspecified atom stereocenters. The van der Waals surface area contributed by atoms with E-state index in [0.717, 1.165) is 6.61 Å². The summed E-state index contributed by atoms with van der Waals surface area (Å²) in [5, 5.41) is 0. The van der Waals surface area contributed by atoms with E-state index in [-0.39, 0.29) is 0 Å². The molecule has 1 heterocycles. The molecule has 0 aromatic heterocycles. The molecule has 0 radical (unpaired) electrons. The van der Waals surface area contributed by atoms with Gasteiger partial charge in [-0.25, -0.2) is 0 Å². The van der Waals surface area contributed by atoms with Crippen LogP contribution >= 0.6 is 0 Å². The molecule has 1 atom stereocenters. The molecule has 0 N–H and O–H groups in total. The van der Waals surface area contributed by atoms with E-state index in [1.165, 1.54) is 114 Å². The summed E-state index contributed by atoms with van der Waals surface area (Å²) in [5.41, 5.74) is 0. The molecule has 1 aliphatic heterocycles. The van der Waals surface area contributed by atoms with E-state index in [4.69, 9.17) is 4.74 Å². The zero-order valence-corrected chi connectivity index (χ0v) is 17.2. The van der Waals surface area contributed by atoms with Gasteiger partial charge < -0.3 is 9.22 Å². The zero-order chi connectivity index (χ0) is 17.5. The smallest absolute Gasteiger partial charge is 0.0863 e. The van der Waals surface area contributed by atoms with Crippen LogP contribution in [0.4, 0.5) is 0 Å². The van der Waals surface area contributed by atoms with Gasteiger partial charge in [0.25, 0.3) is 0 Å². The van der Waals surface area contributed by atoms with Crippen molar-refractivity contribution in [2.24, 2.45) is 0 Å². The normalized spacial score (nSPS) is 17.4. The van der Waals surface area contributed by atoms with Gasteiger partial charge >= 0.3 is 0 Å². The highest BCUT2D eigenvalue weighted by atomic mass is 16.6. The number of epoxide rings is 1. The lowest BCUT2D eigenvalue weighted by Gasteiger charge is -2.29. The van der Waals surface area contributed by atoms with Crippen molar-refractivity contribution >= 4 is 0 Å². The van der Waals surface area contributed by atoms with Gasteiger partial charge in [-0.05, 0) is 12.8 Å². The second-order valence-electron chi connectivity index (χ2n) is 8.72. The second-order valence-corrected chi connectivity index (χ2v) is 8.72. The first-order chi connectivity index (χ1) is 11.6. The van der Waals surface area contributed by atoms with E-state index in [2.05, 4.69) is 21.0 Å². The summed E-state index contributed by atoms with van der Waals surface area (Å²) in [6.45, 7) is 5.93. The van der Waals surface area contributed by atoms with Crippen LogP contribution in [0.3, 0.4) is 0 Å². The average Bonchev–Trinajstić information content (AvgIpc) is 3.38. The summed E-state index contributed by atoms with van der Waals surface area (Å²) in [6.07, 6.45) is 22.1. The molecule has 1 saturated heterocycles. The minimum atomic E-state index is 0.596. The molecule has 144 valence electrons. The Morgan fingerprint density at radius 1 is 0.667 bits per heavy atom. The molecule has 0 aromatic rings. The lowest BCUT2D eigenvalue weighted by molar-refractivity contribution is -0.890. The van der Waals surface area contributed by atoms with Gasteiger partial charge in [-0.15, -0.1) is 0 Å². The minimum absolute atomic E-state index is 0.596. The fourth-order valence-corrected chi connectivity index (χ4v) is 3.57.